The highest BCUT2D eigenvalue weighted by Gasteiger charge is 2.16. The monoisotopic (exact) mass is 531 g/mol. The van der Waals surface area contributed by atoms with Crippen molar-refractivity contribution in [2.24, 2.45) is 5.10 Å². The van der Waals surface area contributed by atoms with Gasteiger partial charge in [0.25, 0.3) is 0 Å². The first-order chi connectivity index (χ1) is 17.2. The van der Waals surface area contributed by atoms with Gasteiger partial charge in [0.1, 0.15) is 5.82 Å². The predicted molar refractivity (Wildman–Crippen MR) is 140 cm³/mol. The van der Waals surface area contributed by atoms with E-state index >= 15 is 0 Å². The Morgan fingerprint density at radius 2 is 2.08 bits per heavy atom. The molecule has 0 fully saturated rings. The van der Waals surface area contributed by atoms with Crippen molar-refractivity contribution in [3.8, 4) is 0 Å². The molecular weight excluding hydrogens is 508 g/mol. The van der Waals surface area contributed by atoms with Gasteiger partial charge in [-0.1, -0.05) is 35.3 Å². The van der Waals surface area contributed by atoms with E-state index in [4.69, 9.17) is 23.2 Å². The minimum absolute atomic E-state index is 0.171. The lowest BCUT2D eigenvalue weighted by molar-refractivity contribution is 0.219. The molecular formula is C24H24Cl2FN7O2. The van der Waals surface area contributed by atoms with Gasteiger partial charge in [0.05, 0.1) is 29.6 Å². The van der Waals surface area contributed by atoms with Gasteiger partial charge in [-0.2, -0.15) is 10.1 Å². The molecule has 9 nitrogen and oxygen atoms in total. The quantitative estimate of drug-likeness (QED) is 0.220. The molecule has 0 radical (unpaired) electrons. The summed E-state index contributed by atoms with van der Waals surface area (Å²) in [5, 5.41) is 24.0. The Balaban J connectivity index is 1.73. The van der Waals surface area contributed by atoms with E-state index in [0.717, 1.165) is 0 Å². The Kier molecular flexibility index (Phi) is 9.18. The summed E-state index contributed by atoms with van der Waals surface area (Å²) in [4.78, 5) is 21.2. The van der Waals surface area contributed by atoms with Gasteiger partial charge in [-0.05, 0) is 49.7 Å². The third kappa shape index (κ3) is 7.14. The average Bonchev–Trinajstić information content (AvgIpc) is 2.84. The van der Waals surface area contributed by atoms with E-state index in [1.54, 1.807) is 44.3 Å². The van der Waals surface area contributed by atoms with E-state index in [-0.39, 0.29) is 17.6 Å². The molecule has 12 heteroatoms. The van der Waals surface area contributed by atoms with Crippen molar-refractivity contribution in [3.05, 3.63) is 87.5 Å². The molecule has 0 aliphatic rings. The number of hydrogen-bond acceptors (Lipinski definition) is 7. The molecule has 0 aliphatic heterocycles. The Labute approximate surface area is 217 Å². The highest BCUT2D eigenvalue weighted by Crippen LogP contribution is 2.26. The van der Waals surface area contributed by atoms with Gasteiger partial charge in [0.15, 0.2) is 5.82 Å². The molecule has 4 N–H and O–H groups in total. The SMILES string of the molecule is C=NN(/C=C(\C)NC(=O)N[C@@H](CO)c1cccc(Cl)c1)c1nc(Nc2ccc(F)cc2Cl)ncc1C. The first-order valence-electron chi connectivity index (χ1n) is 10.6. The van der Waals surface area contributed by atoms with Crippen molar-refractivity contribution >= 4 is 53.4 Å². The lowest BCUT2D eigenvalue weighted by Gasteiger charge is -2.19. The molecule has 0 bridgehead atoms. The second-order valence-electron chi connectivity index (χ2n) is 7.64. The number of allylic oxidation sites excluding steroid dienone is 1. The molecule has 188 valence electrons. The number of hydrogen-bond donors (Lipinski definition) is 4. The molecule has 0 saturated carbocycles. The maximum Gasteiger partial charge on any atom is 0.319 e. The van der Waals surface area contributed by atoms with Crippen LogP contribution >= 0.6 is 23.2 Å². The van der Waals surface area contributed by atoms with Gasteiger partial charge in [-0.25, -0.2) is 19.2 Å². The summed E-state index contributed by atoms with van der Waals surface area (Å²) in [6.45, 7) is 6.69. The maximum atomic E-state index is 13.3. The number of aryl methyl sites for hydroxylation is 1. The van der Waals surface area contributed by atoms with E-state index in [1.807, 2.05) is 0 Å². The van der Waals surface area contributed by atoms with E-state index in [0.29, 0.717) is 33.4 Å². The first kappa shape index (κ1) is 26.9. The average molecular weight is 532 g/mol. The van der Waals surface area contributed by atoms with Crippen LogP contribution in [0.4, 0.5) is 26.6 Å². The van der Waals surface area contributed by atoms with Crippen LogP contribution in [0.15, 0.2) is 65.7 Å². The summed E-state index contributed by atoms with van der Waals surface area (Å²) in [6, 6.07) is 9.56. The minimum atomic E-state index is -0.652. The molecule has 1 atom stereocenters. The fourth-order valence-electron chi connectivity index (χ4n) is 3.15. The predicted octanol–water partition coefficient (Wildman–Crippen LogP) is 5.29. The van der Waals surface area contributed by atoms with Gasteiger partial charge in [-0.15, -0.1) is 0 Å². The zero-order valence-corrected chi connectivity index (χ0v) is 21.0. The minimum Gasteiger partial charge on any atom is -0.394 e. The highest BCUT2D eigenvalue weighted by molar-refractivity contribution is 6.33. The summed E-state index contributed by atoms with van der Waals surface area (Å²) in [5.41, 5.74) is 2.17. The van der Waals surface area contributed by atoms with Crippen LogP contribution in [0.2, 0.25) is 10.0 Å². The van der Waals surface area contributed by atoms with Crippen molar-refractivity contribution in [2.75, 3.05) is 16.9 Å². The molecule has 0 aliphatic carbocycles. The van der Waals surface area contributed by atoms with Crippen LogP contribution in [0.1, 0.15) is 24.1 Å². The lowest BCUT2D eigenvalue weighted by Crippen LogP contribution is -2.38. The van der Waals surface area contributed by atoms with Crippen LogP contribution in [0.3, 0.4) is 0 Å². The Morgan fingerprint density at radius 1 is 1.31 bits per heavy atom. The lowest BCUT2D eigenvalue weighted by atomic mass is 10.1. The maximum absolute atomic E-state index is 13.3. The summed E-state index contributed by atoms with van der Waals surface area (Å²) >= 11 is 12.1. The zero-order chi connectivity index (χ0) is 26.2. The van der Waals surface area contributed by atoms with E-state index in [1.165, 1.54) is 29.4 Å². The van der Waals surface area contributed by atoms with E-state index in [9.17, 15) is 14.3 Å². The van der Waals surface area contributed by atoms with Gasteiger partial charge >= 0.3 is 6.03 Å². The van der Waals surface area contributed by atoms with Crippen molar-refractivity contribution in [2.45, 2.75) is 19.9 Å². The number of halogens is 3. The van der Waals surface area contributed by atoms with Crippen LogP contribution in [0.25, 0.3) is 0 Å². The number of nitrogens with zero attached hydrogens (tertiary/aromatic N) is 4. The molecule has 0 spiro atoms. The molecule has 0 saturated heterocycles. The number of carbonyl (C=O) groups excluding carboxylic acids is 1. The third-order valence-corrected chi connectivity index (χ3v) is 5.41. The van der Waals surface area contributed by atoms with Crippen LogP contribution in [0, 0.1) is 12.7 Å². The first-order valence-corrected chi connectivity index (χ1v) is 11.4. The summed E-state index contributed by atoms with van der Waals surface area (Å²) < 4.78 is 13.3. The largest absolute Gasteiger partial charge is 0.394 e. The number of aromatic nitrogens is 2. The van der Waals surface area contributed by atoms with Crippen LogP contribution in [-0.2, 0) is 0 Å². The van der Waals surface area contributed by atoms with Crippen molar-refractivity contribution in [1.82, 2.24) is 20.6 Å². The number of aliphatic hydroxyl groups excluding tert-OH is 1. The molecule has 3 aromatic rings. The van der Waals surface area contributed by atoms with Crippen molar-refractivity contribution < 1.29 is 14.3 Å². The number of nitrogens with one attached hydrogen (secondary N) is 3. The molecule has 1 heterocycles. The van der Waals surface area contributed by atoms with E-state index in [2.05, 4.69) is 37.7 Å². The Hall–Kier alpha value is -3.73. The highest BCUT2D eigenvalue weighted by atomic mass is 35.5. The molecule has 0 unspecified atom stereocenters. The van der Waals surface area contributed by atoms with Gasteiger partial charge in [-0.3, -0.25) is 0 Å². The third-order valence-electron chi connectivity index (χ3n) is 4.86. The number of anilines is 3. The summed E-state index contributed by atoms with van der Waals surface area (Å²) in [5.74, 6) is 0.115. The number of rotatable bonds is 9. The summed E-state index contributed by atoms with van der Waals surface area (Å²) in [6.07, 6.45) is 3.09. The smallest absolute Gasteiger partial charge is 0.319 e. The number of aliphatic hydroxyl groups is 1. The molecule has 3 rings (SSSR count). The van der Waals surface area contributed by atoms with E-state index < -0.39 is 17.9 Å². The zero-order valence-electron chi connectivity index (χ0n) is 19.5. The number of benzene rings is 2. The number of urea groups is 1. The van der Waals surface area contributed by atoms with Gasteiger partial charge < -0.3 is 21.1 Å². The standard InChI is InChI=1S/C24H24Cl2FN7O2/c1-14-11-29-23(31-20-8-7-18(27)10-19(20)26)33-22(14)34(28-3)12-15(2)30-24(36)32-21(13-35)16-5-4-6-17(25)9-16/h4-12,21,35H,3,13H2,1-2H3,(H,29,31,33)(H2,30,32,36)/b15-12+/t21-/m0/s1. The van der Waals surface area contributed by atoms with Gasteiger partial charge in [0, 0.05) is 29.2 Å². The van der Waals surface area contributed by atoms with Gasteiger partial charge in [0.2, 0.25) is 5.95 Å². The van der Waals surface area contributed by atoms with Crippen molar-refractivity contribution in [3.63, 3.8) is 0 Å². The molecule has 2 aromatic carbocycles. The molecule has 36 heavy (non-hydrogen) atoms. The Morgan fingerprint density at radius 3 is 2.75 bits per heavy atom. The normalized spacial score (nSPS) is 12.0. The second kappa shape index (κ2) is 12.3. The molecule has 2 amide bonds. The second-order valence-corrected chi connectivity index (χ2v) is 8.48. The number of carbonyl (C=O) groups is 1. The fourth-order valence-corrected chi connectivity index (χ4v) is 3.57. The number of amides is 2. The molecule has 1 aromatic heterocycles. The van der Waals surface area contributed by atoms with Crippen molar-refractivity contribution in [1.29, 1.82) is 0 Å². The fraction of sp³-hybridized carbons (Fsp3) is 0.167. The topological polar surface area (TPSA) is 115 Å². The summed E-state index contributed by atoms with van der Waals surface area (Å²) in [7, 11) is 0. The Bertz CT molecular complexity index is 1290. The number of hydrazone groups is 1. The van der Waals surface area contributed by atoms with Crippen LogP contribution < -0.4 is 21.0 Å². The van der Waals surface area contributed by atoms with Crippen LogP contribution in [0.5, 0.6) is 0 Å². The van der Waals surface area contributed by atoms with Crippen LogP contribution in [-0.4, -0.2) is 34.4 Å².